The van der Waals surface area contributed by atoms with Crippen molar-refractivity contribution >= 4 is 17.3 Å². The number of rotatable bonds is 5. The summed E-state index contributed by atoms with van der Waals surface area (Å²) < 4.78 is 1.94. The minimum atomic E-state index is 0.0323. The van der Waals surface area contributed by atoms with E-state index in [4.69, 9.17) is 11.6 Å². The number of hydrogen-bond acceptors (Lipinski definition) is 3. The number of anilines is 1. The van der Waals surface area contributed by atoms with Crippen molar-refractivity contribution in [1.29, 1.82) is 0 Å². The van der Waals surface area contributed by atoms with Crippen molar-refractivity contribution in [3.8, 4) is 0 Å². The second kappa shape index (κ2) is 6.29. The fourth-order valence-electron chi connectivity index (χ4n) is 2.35. The minimum Gasteiger partial charge on any atom is -0.378 e. The third-order valence-electron chi connectivity index (χ3n) is 3.41. The largest absolute Gasteiger partial charge is 0.378 e. The van der Waals surface area contributed by atoms with E-state index >= 15 is 0 Å². The molecule has 1 aromatic heterocycles. The van der Waals surface area contributed by atoms with Crippen LogP contribution in [0.3, 0.4) is 0 Å². The quantitative estimate of drug-likeness (QED) is 0.920. The maximum Gasteiger partial charge on any atom is 0.0837 e. The van der Waals surface area contributed by atoms with Crippen molar-refractivity contribution in [1.82, 2.24) is 15.1 Å². The highest BCUT2D eigenvalue weighted by atomic mass is 35.5. The molecule has 0 fully saturated rings. The molecule has 0 saturated heterocycles. The summed E-state index contributed by atoms with van der Waals surface area (Å²) in [7, 11) is 6.02. The maximum absolute atomic E-state index is 6.32. The molecule has 5 heteroatoms. The van der Waals surface area contributed by atoms with Crippen molar-refractivity contribution in [3.63, 3.8) is 0 Å². The van der Waals surface area contributed by atoms with Gasteiger partial charge in [-0.2, -0.15) is 5.10 Å². The number of aryl methyl sites for hydroxylation is 1. The van der Waals surface area contributed by atoms with Crippen LogP contribution in [0.4, 0.5) is 5.69 Å². The Morgan fingerprint density at radius 3 is 2.75 bits per heavy atom. The summed E-state index contributed by atoms with van der Waals surface area (Å²) in [6, 6.07) is 8.47. The zero-order valence-corrected chi connectivity index (χ0v) is 13.1. The van der Waals surface area contributed by atoms with Gasteiger partial charge in [-0.25, -0.2) is 0 Å². The molecule has 1 unspecified atom stereocenters. The van der Waals surface area contributed by atoms with Gasteiger partial charge in [-0.05, 0) is 31.7 Å². The fraction of sp³-hybridized carbons (Fsp3) is 0.400. The zero-order valence-electron chi connectivity index (χ0n) is 12.4. The molecule has 0 bridgehead atoms. The lowest BCUT2D eigenvalue weighted by Gasteiger charge is -2.21. The number of hydrogen-bond donors (Lipinski definition) is 1. The molecule has 1 heterocycles. The van der Waals surface area contributed by atoms with Crippen LogP contribution >= 0.6 is 11.6 Å². The van der Waals surface area contributed by atoms with Crippen molar-refractivity contribution in [3.05, 3.63) is 46.7 Å². The molecular weight excluding hydrogens is 272 g/mol. The molecule has 1 aromatic carbocycles. The van der Waals surface area contributed by atoms with E-state index in [1.807, 2.05) is 25.8 Å². The monoisotopic (exact) mass is 292 g/mol. The molecule has 20 heavy (non-hydrogen) atoms. The molecule has 0 aliphatic carbocycles. The van der Waals surface area contributed by atoms with Gasteiger partial charge in [-0.3, -0.25) is 4.68 Å². The molecular formula is C15H21ClN4. The highest BCUT2D eigenvalue weighted by Gasteiger charge is 2.20. The second-order valence-corrected chi connectivity index (χ2v) is 5.31. The Hall–Kier alpha value is -1.52. The van der Waals surface area contributed by atoms with Gasteiger partial charge in [-0.1, -0.05) is 23.7 Å². The molecule has 1 atom stereocenters. The first-order chi connectivity index (χ1) is 9.58. The van der Waals surface area contributed by atoms with Gasteiger partial charge in [0.05, 0.1) is 23.0 Å². The Morgan fingerprint density at radius 2 is 2.15 bits per heavy atom. The summed E-state index contributed by atoms with van der Waals surface area (Å²) in [5.74, 6) is 0. The van der Waals surface area contributed by atoms with E-state index in [-0.39, 0.29) is 6.04 Å². The van der Waals surface area contributed by atoms with Gasteiger partial charge in [0.1, 0.15) is 0 Å². The van der Waals surface area contributed by atoms with Gasteiger partial charge in [0, 0.05) is 26.3 Å². The van der Waals surface area contributed by atoms with E-state index in [1.54, 1.807) is 6.20 Å². The van der Waals surface area contributed by atoms with Crippen LogP contribution in [0.15, 0.2) is 30.5 Å². The standard InChI is InChI=1S/C15H21ClN4/c1-5-20-15(13(16)10-18-20)14(17-2)11-7-6-8-12(9-11)19(3)4/h6-10,14,17H,5H2,1-4H3. The summed E-state index contributed by atoms with van der Waals surface area (Å²) in [6.45, 7) is 2.86. The van der Waals surface area contributed by atoms with E-state index in [1.165, 1.54) is 11.3 Å². The second-order valence-electron chi connectivity index (χ2n) is 4.90. The van der Waals surface area contributed by atoms with Gasteiger partial charge in [0.2, 0.25) is 0 Å². The summed E-state index contributed by atoms with van der Waals surface area (Å²) in [5.41, 5.74) is 3.35. The topological polar surface area (TPSA) is 33.1 Å². The maximum atomic E-state index is 6.32. The lowest BCUT2D eigenvalue weighted by molar-refractivity contribution is 0.563. The summed E-state index contributed by atoms with van der Waals surface area (Å²) in [6.07, 6.45) is 1.71. The summed E-state index contributed by atoms with van der Waals surface area (Å²) >= 11 is 6.32. The van der Waals surface area contributed by atoms with Crippen LogP contribution in [0.25, 0.3) is 0 Å². The smallest absolute Gasteiger partial charge is 0.0837 e. The molecule has 0 aliphatic heterocycles. The first kappa shape index (κ1) is 14.9. The van der Waals surface area contributed by atoms with Crippen LogP contribution < -0.4 is 10.2 Å². The van der Waals surface area contributed by atoms with Gasteiger partial charge in [-0.15, -0.1) is 0 Å². The fourth-order valence-corrected chi connectivity index (χ4v) is 2.61. The molecule has 0 amide bonds. The normalized spacial score (nSPS) is 12.4. The SMILES string of the molecule is CCn1ncc(Cl)c1C(NC)c1cccc(N(C)C)c1. The van der Waals surface area contributed by atoms with Crippen LogP contribution in [0, 0.1) is 0 Å². The predicted octanol–water partition coefficient (Wildman–Crippen LogP) is 2.93. The van der Waals surface area contributed by atoms with Crippen LogP contribution in [0.2, 0.25) is 5.02 Å². The van der Waals surface area contributed by atoms with E-state index in [9.17, 15) is 0 Å². The van der Waals surface area contributed by atoms with Crippen LogP contribution in [-0.2, 0) is 6.54 Å². The lowest BCUT2D eigenvalue weighted by atomic mass is 10.0. The van der Waals surface area contributed by atoms with Crippen molar-refractivity contribution < 1.29 is 0 Å². The third kappa shape index (κ3) is 2.81. The number of aromatic nitrogens is 2. The molecule has 108 valence electrons. The first-order valence-electron chi connectivity index (χ1n) is 6.74. The Morgan fingerprint density at radius 1 is 1.40 bits per heavy atom. The summed E-state index contributed by atoms with van der Waals surface area (Å²) in [5, 5.41) is 8.35. The predicted molar refractivity (Wildman–Crippen MR) is 84.6 cm³/mol. The molecule has 2 rings (SSSR count). The van der Waals surface area contributed by atoms with Crippen LogP contribution in [0.1, 0.15) is 24.2 Å². The number of benzene rings is 1. The van der Waals surface area contributed by atoms with Gasteiger partial charge in [0.15, 0.2) is 0 Å². The first-order valence-corrected chi connectivity index (χ1v) is 7.12. The molecule has 0 radical (unpaired) electrons. The minimum absolute atomic E-state index is 0.0323. The Bertz CT molecular complexity index is 577. The van der Waals surface area contributed by atoms with Gasteiger partial charge in [0.25, 0.3) is 0 Å². The number of nitrogens with zero attached hydrogens (tertiary/aromatic N) is 3. The molecule has 0 saturated carbocycles. The van der Waals surface area contributed by atoms with E-state index in [0.29, 0.717) is 5.02 Å². The molecule has 4 nitrogen and oxygen atoms in total. The summed E-state index contributed by atoms with van der Waals surface area (Å²) in [4.78, 5) is 2.09. The van der Waals surface area contributed by atoms with E-state index < -0.39 is 0 Å². The highest BCUT2D eigenvalue weighted by Crippen LogP contribution is 2.29. The van der Waals surface area contributed by atoms with Crippen molar-refractivity contribution in [2.45, 2.75) is 19.5 Å². The van der Waals surface area contributed by atoms with E-state index in [2.05, 4.69) is 46.5 Å². The Balaban J connectivity index is 2.47. The van der Waals surface area contributed by atoms with E-state index in [0.717, 1.165) is 12.2 Å². The lowest BCUT2D eigenvalue weighted by Crippen LogP contribution is -2.22. The van der Waals surface area contributed by atoms with Crippen molar-refractivity contribution in [2.24, 2.45) is 0 Å². The van der Waals surface area contributed by atoms with Gasteiger partial charge < -0.3 is 10.2 Å². The Kier molecular flexibility index (Phi) is 4.68. The van der Waals surface area contributed by atoms with Gasteiger partial charge >= 0.3 is 0 Å². The number of halogens is 1. The van der Waals surface area contributed by atoms with Crippen LogP contribution in [0.5, 0.6) is 0 Å². The average Bonchev–Trinajstić information content (AvgIpc) is 2.82. The third-order valence-corrected chi connectivity index (χ3v) is 3.71. The van der Waals surface area contributed by atoms with Crippen molar-refractivity contribution in [2.75, 3.05) is 26.0 Å². The average molecular weight is 293 g/mol. The zero-order chi connectivity index (χ0) is 14.7. The molecule has 0 aliphatic rings. The molecule has 2 aromatic rings. The molecule has 1 N–H and O–H groups in total. The highest BCUT2D eigenvalue weighted by molar-refractivity contribution is 6.31. The van der Waals surface area contributed by atoms with Crippen LogP contribution in [-0.4, -0.2) is 30.9 Å². The molecule has 0 spiro atoms. The Labute approximate surface area is 125 Å². The number of nitrogens with one attached hydrogen (secondary N) is 1.